The molecule has 17 heavy (non-hydrogen) atoms. The van der Waals surface area contributed by atoms with Crippen molar-refractivity contribution in [2.24, 2.45) is 5.73 Å². The number of nitrogens with one attached hydrogen (secondary N) is 2. The van der Waals surface area contributed by atoms with Gasteiger partial charge in [-0.05, 0) is 13.0 Å². The third-order valence-corrected chi connectivity index (χ3v) is 3.16. The summed E-state index contributed by atoms with van der Waals surface area (Å²) in [6.45, 7) is 2.20. The van der Waals surface area contributed by atoms with Crippen molar-refractivity contribution in [3.05, 3.63) is 35.0 Å². The van der Waals surface area contributed by atoms with Gasteiger partial charge in [0.2, 0.25) is 5.91 Å². The standard InChI is InChI=1S/C12H14ClN3O/c1-7(12(14)17)15-6-10-11(13)8-4-2-3-5-9(8)16-10/h2-5,7,15-16H,6H2,1H3,(H2,14,17). The van der Waals surface area contributed by atoms with Crippen LogP contribution in [0.4, 0.5) is 0 Å². The van der Waals surface area contributed by atoms with E-state index in [9.17, 15) is 4.79 Å². The molecule has 90 valence electrons. The van der Waals surface area contributed by atoms with Crippen LogP contribution in [0.25, 0.3) is 10.9 Å². The van der Waals surface area contributed by atoms with Crippen LogP contribution in [0.2, 0.25) is 5.02 Å². The molecule has 1 amide bonds. The van der Waals surface area contributed by atoms with E-state index in [1.54, 1.807) is 6.92 Å². The molecule has 1 heterocycles. The molecule has 0 aliphatic heterocycles. The third-order valence-electron chi connectivity index (χ3n) is 2.73. The van der Waals surface area contributed by atoms with Crippen molar-refractivity contribution in [1.29, 1.82) is 0 Å². The Balaban J connectivity index is 2.19. The van der Waals surface area contributed by atoms with Gasteiger partial charge in [-0.3, -0.25) is 4.79 Å². The van der Waals surface area contributed by atoms with Crippen LogP contribution in [-0.4, -0.2) is 16.9 Å². The summed E-state index contributed by atoms with van der Waals surface area (Å²) in [5.41, 5.74) is 7.02. The predicted octanol–water partition coefficient (Wildman–Crippen LogP) is 1.78. The number of primary amides is 1. The molecule has 5 heteroatoms. The Labute approximate surface area is 104 Å². The van der Waals surface area contributed by atoms with Gasteiger partial charge < -0.3 is 16.0 Å². The number of rotatable bonds is 4. The van der Waals surface area contributed by atoms with Gasteiger partial charge >= 0.3 is 0 Å². The van der Waals surface area contributed by atoms with E-state index < -0.39 is 0 Å². The van der Waals surface area contributed by atoms with E-state index >= 15 is 0 Å². The molecule has 0 saturated carbocycles. The molecule has 4 N–H and O–H groups in total. The first-order chi connectivity index (χ1) is 8.09. The quantitative estimate of drug-likeness (QED) is 0.775. The Morgan fingerprint density at radius 2 is 2.24 bits per heavy atom. The van der Waals surface area contributed by atoms with Crippen LogP contribution in [-0.2, 0) is 11.3 Å². The lowest BCUT2D eigenvalue weighted by Crippen LogP contribution is -2.38. The number of aromatic nitrogens is 1. The van der Waals surface area contributed by atoms with Crippen LogP contribution in [0.5, 0.6) is 0 Å². The zero-order valence-corrected chi connectivity index (χ0v) is 10.2. The van der Waals surface area contributed by atoms with E-state index in [4.69, 9.17) is 17.3 Å². The van der Waals surface area contributed by atoms with Gasteiger partial charge in [0.1, 0.15) is 0 Å². The summed E-state index contributed by atoms with van der Waals surface area (Å²) in [6, 6.07) is 7.42. The smallest absolute Gasteiger partial charge is 0.234 e. The van der Waals surface area contributed by atoms with E-state index in [1.807, 2.05) is 24.3 Å². The maximum Gasteiger partial charge on any atom is 0.234 e. The molecule has 1 atom stereocenters. The molecule has 0 bridgehead atoms. The summed E-state index contributed by atoms with van der Waals surface area (Å²) in [4.78, 5) is 14.1. The number of para-hydroxylation sites is 1. The minimum atomic E-state index is -0.378. The van der Waals surface area contributed by atoms with Crippen molar-refractivity contribution >= 4 is 28.4 Å². The Hall–Kier alpha value is -1.52. The molecule has 0 radical (unpaired) electrons. The fourth-order valence-electron chi connectivity index (χ4n) is 1.64. The van der Waals surface area contributed by atoms with Gasteiger partial charge in [-0.2, -0.15) is 0 Å². The Morgan fingerprint density at radius 1 is 1.53 bits per heavy atom. The molecule has 0 aliphatic rings. The zero-order chi connectivity index (χ0) is 12.4. The fourth-order valence-corrected chi connectivity index (χ4v) is 1.92. The number of halogens is 1. The van der Waals surface area contributed by atoms with E-state index in [2.05, 4.69) is 10.3 Å². The highest BCUT2D eigenvalue weighted by Crippen LogP contribution is 2.26. The molecule has 1 aromatic heterocycles. The monoisotopic (exact) mass is 251 g/mol. The maximum atomic E-state index is 10.9. The molecule has 0 fully saturated rings. The number of aromatic amines is 1. The van der Waals surface area contributed by atoms with Gasteiger partial charge in [0, 0.05) is 23.1 Å². The van der Waals surface area contributed by atoms with Crippen molar-refractivity contribution < 1.29 is 4.79 Å². The van der Waals surface area contributed by atoms with Gasteiger partial charge in [0.25, 0.3) is 0 Å². The van der Waals surface area contributed by atoms with Crippen LogP contribution >= 0.6 is 11.6 Å². The van der Waals surface area contributed by atoms with E-state index in [-0.39, 0.29) is 11.9 Å². The van der Waals surface area contributed by atoms with Gasteiger partial charge in [0.05, 0.1) is 11.1 Å². The fraction of sp³-hybridized carbons (Fsp3) is 0.250. The lowest BCUT2D eigenvalue weighted by molar-refractivity contribution is -0.119. The molecule has 2 aromatic rings. The molecule has 4 nitrogen and oxygen atoms in total. The summed E-state index contributed by atoms with van der Waals surface area (Å²) in [5, 5.41) is 4.68. The number of amides is 1. The highest BCUT2D eigenvalue weighted by molar-refractivity contribution is 6.36. The number of nitrogens with two attached hydrogens (primary N) is 1. The predicted molar refractivity (Wildman–Crippen MR) is 68.8 cm³/mol. The number of hydrogen-bond acceptors (Lipinski definition) is 2. The summed E-state index contributed by atoms with van der Waals surface area (Å²) in [6.07, 6.45) is 0. The summed E-state index contributed by atoms with van der Waals surface area (Å²) in [5.74, 6) is -0.378. The van der Waals surface area contributed by atoms with Gasteiger partial charge in [-0.1, -0.05) is 29.8 Å². The second-order valence-electron chi connectivity index (χ2n) is 3.97. The SMILES string of the molecule is CC(NCc1[nH]c2ccccc2c1Cl)C(N)=O. The van der Waals surface area contributed by atoms with Crippen LogP contribution < -0.4 is 11.1 Å². The van der Waals surface area contributed by atoms with Crippen LogP contribution in [0.1, 0.15) is 12.6 Å². The van der Waals surface area contributed by atoms with Crippen molar-refractivity contribution in [3.63, 3.8) is 0 Å². The van der Waals surface area contributed by atoms with Crippen molar-refractivity contribution in [1.82, 2.24) is 10.3 Å². The normalized spacial score (nSPS) is 12.8. The molecule has 2 rings (SSSR count). The van der Waals surface area contributed by atoms with Crippen LogP contribution in [0.3, 0.4) is 0 Å². The molecule has 0 aliphatic carbocycles. The largest absolute Gasteiger partial charge is 0.368 e. The number of hydrogen-bond donors (Lipinski definition) is 3. The summed E-state index contributed by atoms with van der Waals surface area (Å²) in [7, 11) is 0. The zero-order valence-electron chi connectivity index (χ0n) is 9.46. The average Bonchev–Trinajstić information content (AvgIpc) is 2.64. The first-order valence-corrected chi connectivity index (χ1v) is 5.75. The Kier molecular flexibility index (Phi) is 3.36. The van der Waals surface area contributed by atoms with Gasteiger partial charge in [-0.15, -0.1) is 0 Å². The second-order valence-corrected chi connectivity index (χ2v) is 4.35. The molecule has 1 aromatic carbocycles. The van der Waals surface area contributed by atoms with E-state index in [0.29, 0.717) is 11.6 Å². The lowest BCUT2D eigenvalue weighted by atomic mass is 10.2. The molecule has 1 unspecified atom stereocenters. The van der Waals surface area contributed by atoms with Crippen molar-refractivity contribution in [2.45, 2.75) is 19.5 Å². The first kappa shape index (κ1) is 12.0. The van der Waals surface area contributed by atoms with E-state index in [0.717, 1.165) is 16.6 Å². The lowest BCUT2D eigenvalue weighted by Gasteiger charge is -2.08. The highest BCUT2D eigenvalue weighted by Gasteiger charge is 2.12. The van der Waals surface area contributed by atoms with Crippen LogP contribution in [0, 0.1) is 0 Å². The molecular weight excluding hydrogens is 238 g/mol. The van der Waals surface area contributed by atoms with E-state index in [1.165, 1.54) is 0 Å². The third kappa shape index (κ3) is 2.43. The van der Waals surface area contributed by atoms with Gasteiger partial charge in [0.15, 0.2) is 0 Å². The minimum absolute atomic E-state index is 0.377. The Bertz CT molecular complexity index is 550. The average molecular weight is 252 g/mol. The first-order valence-electron chi connectivity index (χ1n) is 5.37. The number of carbonyl (C=O) groups excluding carboxylic acids is 1. The minimum Gasteiger partial charge on any atom is -0.368 e. The molecule has 0 saturated heterocycles. The number of H-pyrrole nitrogens is 1. The molecule has 0 spiro atoms. The number of benzene rings is 1. The molecular formula is C12H14ClN3O. The van der Waals surface area contributed by atoms with Gasteiger partial charge in [-0.25, -0.2) is 0 Å². The van der Waals surface area contributed by atoms with Crippen molar-refractivity contribution in [2.75, 3.05) is 0 Å². The number of carbonyl (C=O) groups is 1. The number of fused-ring (bicyclic) bond motifs is 1. The summed E-state index contributed by atoms with van der Waals surface area (Å²) >= 11 is 6.23. The summed E-state index contributed by atoms with van der Waals surface area (Å²) < 4.78 is 0. The van der Waals surface area contributed by atoms with Crippen LogP contribution in [0.15, 0.2) is 24.3 Å². The second kappa shape index (κ2) is 4.77. The Morgan fingerprint density at radius 3 is 2.88 bits per heavy atom. The topological polar surface area (TPSA) is 70.9 Å². The highest BCUT2D eigenvalue weighted by atomic mass is 35.5. The maximum absolute atomic E-state index is 10.9. The van der Waals surface area contributed by atoms with Crippen molar-refractivity contribution in [3.8, 4) is 0 Å².